The number of aliphatic hydroxyl groups excluding tert-OH is 1. The van der Waals surface area contributed by atoms with E-state index in [2.05, 4.69) is 10.2 Å². The molecule has 128 valence electrons. The molecule has 0 spiro atoms. The number of aliphatic hydroxyl groups is 1. The molecule has 0 saturated heterocycles. The normalized spacial score (nSPS) is 10.7. The standard InChI is InChI=1S/C19H24N2O3/c1-15(23)20-18-9-7-16(8-10-18)13-21(11-12-22)14-17-5-3-4-6-19(17)24-2/h3-10,22H,11-14H2,1-2H3,(H,20,23). The maximum absolute atomic E-state index is 11.1. The fraction of sp³-hybridized carbons (Fsp3) is 0.316. The number of carbonyl (C=O) groups is 1. The Morgan fingerprint density at radius 1 is 1.12 bits per heavy atom. The van der Waals surface area contributed by atoms with Gasteiger partial charge in [-0.3, -0.25) is 9.69 Å². The number of anilines is 1. The van der Waals surface area contributed by atoms with Crippen LogP contribution in [-0.4, -0.2) is 36.2 Å². The molecule has 2 aromatic carbocycles. The summed E-state index contributed by atoms with van der Waals surface area (Å²) in [5.41, 5.74) is 2.99. The maximum atomic E-state index is 11.1. The number of ether oxygens (including phenoxy) is 1. The van der Waals surface area contributed by atoms with Gasteiger partial charge in [0.25, 0.3) is 0 Å². The zero-order valence-electron chi connectivity index (χ0n) is 14.2. The van der Waals surface area contributed by atoms with Gasteiger partial charge in [-0.25, -0.2) is 0 Å². The first kappa shape index (κ1) is 18.0. The molecule has 0 aliphatic rings. The van der Waals surface area contributed by atoms with Crippen LogP contribution in [0.25, 0.3) is 0 Å². The van der Waals surface area contributed by atoms with E-state index < -0.39 is 0 Å². The Hall–Kier alpha value is -2.37. The molecule has 2 rings (SSSR count). The van der Waals surface area contributed by atoms with Gasteiger partial charge in [0.05, 0.1) is 13.7 Å². The largest absolute Gasteiger partial charge is 0.496 e. The van der Waals surface area contributed by atoms with Gasteiger partial charge in [0.1, 0.15) is 5.75 Å². The van der Waals surface area contributed by atoms with Gasteiger partial charge < -0.3 is 15.2 Å². The number of para-hydroxylation sites is 1. The van der Waals surface area contributed by atoms with Crippen LogP contribution in [0.3, 0.4) is 0 Å². The summed E-state index contributed by atoms with van der Waals surface area (Å²) >= 11 is 0. The Labute approximate surface area is 142 Å². The highest BCUT2D eigenvalue weighted by Crippen LogP contribution is 2.20. The average Bonchev–Trinajstić information content (AvgIpc) is 2.57. The molecule has 2 N–H and O–H groups in total. The SMILES string of the molecule is COc1ccccc1CN(CCO)Cc1ccc(NC(C)=O)cc1. The van der Waals surface area contributed by atoms with E-state index in [0.717, 1.165) is 22.6 Å². The van der Waals surface area contributed by atoms with Crippen LogP contribution in [0.15, 0.2) is 48.5 Å². The van der Waals surface area contributed by atoms with E-state index in [1.54, 1.807) is 7.11 Å². The van der Waals surface area contributed by atoms with E-state index in [4.69, 9.17) is 4.74 Å². The molecule has 0 bridgehead atoms. The Morgan fingerprint density at radius 2 is 1.83 bits per heavy atom. The van der Waals surface area contributed by atoms with E-state index in [1.807, 2.05) is 48.5 Å². The highest BCUT2D eigenvalue weighted by molar-refractivity contribution is 5.88. The monoisotopic (exact) mass is 328 g/mol. The first-order valence-electron chi connectivity index (χ1n) is 7.94. The summed E-state index contributed by atoms with van der Waals surface area (Å²) < 4.78 is 5.40. The lowest BCUT2D eigenvalue weighted by molar-refractivity contribution is -0.114. The minimum atomic E-state index is -0.0826. The second-order valence-electron chi connectivity index (χ2n) is 5.62. The van der Waals surface area contributed by atoms with Crippen LogP contribution < -0.4 is 10.1 Å². The highest BCUT2D eigenvalue weighted by Gasteiger charge is 2.10. The third kappa shape index (κ3) is 5.37. The Kier molecular flexibility index (Phi) is 6.78. The molecule has 5 nitrogen and oxygen atoms in total. The summed E-state index contributed by atoms with van der Waals surface area (Å²) in [5, 5.41) is 12.1. The van der Waals surface area contributed by atoms with Gasteiger partial charge in [-0.1, -0.05) is 30.3 Å². The number of amides is 1. The summed E-state index contributed by atoms with van der Waals surface area (Å²) in [4.78, 5) is 13.2. The van der Waals surface area contributed by atoms with Crippen molar-refractivity contribution in [3.63, 3.8) is 0 Å². The van der Waals surface area contributed by atoms with Crippen LogP contribution in [0.4, 0.5) is 5.69 Å². The van der Waals surface area contributed by atoms with Crippen molar-refractivity contribution in [2.45, 2.75) is 20.0 Å². The topological polar surface area (TPSA) is 61.8 Å². The second-order valence-corrected chi connectivity index (χ2v) is 5.62. The van der Waals surface area contributed by atoms with Gasteiger partial charge in [0.2, 0.25) is 5.91 Å². The molecule has 24 heavy (non-hydrogen) atoms. The van der Waals surface area contributed by atoms with Crippen LogP contribution in [0.2, 0.25) is 0 Å². The van der Waals surface area contributed by atoms with E-state index in [-0.39, 0.29) is 12.5 Å². The number of hydrogen-bond acceptors (Lipinski definition) is 4. The molecule has 2 aromatic rings. The minimum absolute atomic E-state index is 0.0826. The molecule has 0 saturated carbocycles. The van der Waals surface area contributed by atoms with E-state index in [0.29, 0.717) is 19.6 Å². The van der Waals surface area contributed by atoms with E-state index in [9.17, 15) is 9.90 Å². The summed E-state index contributed by atoms with van der Waals surface area (Å²) in [6.07, 6.45) is 0. The lowest BCUT2D eigenvalue weighted by Gasteiger charge is -2.22. The van der Waals surface area contributed by atoms with Crippen molar-refractivity contribution < 1.29 is 14.6 Å². The summed E-state index contributed by atoms with van der Waals surface area (Å²) in [6, 6.07) is 15.6. The van der Waals surface area contributed by atoms with Crippen molar-refractivity contribution in [3.05, 3.63) is 59.7 Å². The Bertz CT molecular complexity index is 656. The Balaban J connectivity index is 2.06. The van der Waals surface area contributed by atoms with Crippen molar-refractivity contribution >= 4 is 11.6 Å². The highest BCUT2D eigenvalue weighted by atomic mass is 16.5. The van der Waals surface area contributed by atoms with E-state index in [1.165, 1.54) is 6.92 Å². The van der Waals surface area contributed by atoms with Crippen molar-refractivity contribution in [2.24, 2.45) is 0 Å². The van der Waals surface area contributed by atoms with Crippen LogP contribution in [-0.2, 0) is 17.9 Å². The maximum Gasteiger partial charge on any atom is 0.221 e. The molecular formula is C19H24N2O3. The Morgan fingerprint density at radius 3 is 2.46 bits per heavy atom. The van der Waals surface area contributed by atoms with Crippen LogP contribution in [0.1, 0.15) is 18.1 Å². The van der Waals surface area contributed by atoms with Crippen molar-refractivity contribution in [1.82, 2.24) is 4.90 Å². The number of methoxy groups -OCH3 is 1. The minimum Gasteiger partial charge on any atom is -0.496 e. The van der Waals surface area contributed by atoms with Gasteiger partial charge in [0.15, 0.2) is 0 Å². The van der Waals surface area contributed by atoms with Gasteiger partial charge in [0, 0.05) is 37.8 Å². The predicted octanol–water partition coefficient (Wildman–Crippen LogP) is 2.65. The van der Waals surface area contributed by atoms with Crippen molar-refractivity contribution in [2.75, 3.05) is 25.6 Å². The molecule has 0 radical (unpaired) electrons. The first-order valence-corrected chi connectivity index (χ1v) is 7.94. The molecule has 0 aliphatic heterocycles. The quantitative estimate of drug-likeness (QED) is 0.782. The third-order valence-corrected chi connectivity index (χ3v) is 3.68. The lowest BCUT2D eigenvalue weighted by Crippen LogP contribution is -2.26. The molecule has 1 amide bonds. The number of carbonyl (C=O) groups excluding carboxylic acids is 1. The second kappa shape index (κ2) is 9.05. The number of hydrogen-bond donors (Lipinski definition) is 2. The van der Waals surface area contributed by atoms with Gasteiger partial charge in [-0.15, -0.1) is 0 Å². The van der Waals surface area contributed by atoms with Gasteiger partial charge in [-0.2, -0.15) is 0 Å². The van der Waals surface area contributed by atoms with Crippen molar-refractivity contribution in [3.8, 4) is 5.75 Å². The summed E-state index contributed by atoms with van der Waals surface area (Å²) in [7, 11) is 1.66. The number of benzene rings is 2. The summed E-state index contributed by atoms with van der Waals surface area (Å²) in [6.45, 7) is 3.56. The van der Waals surface area contributed by atoms with Gasteiger partial charge in [-0.05, 0) is 23.8 Å². The zero-order valence-corrected chi connectivity index (χ0v) is 14.2. The summed E-state index contributed by atoms with van der Waals surface area (Å²) in [5.74, 6) is 0.766. The molecule has 5 heteroatoms. The fourth-order valence-electron chi connectivity index (χ4n) is 2.58. The number of nitrogens with one attached hydrogen (secondary N) is 1. The van der Waals surface area contributed by atoms with Crippen LogP contribution in [0, 0.1) is 0 Å². The molecule has 0 aromatic heterocycles. The number of rotatable bonds is 8. The molecule has 0 unspecified atom stereocenters. The first-order chi connectivity index (χ1) is 11.6. The lowest BCUT2D eigenvalue weighted by atomic mass is 10.1. The third-order valence-electron chi connectivity index (χ3n) is 3.68. The van der Waals surface area contributed by atoms with Crippen molar-refractivity contribution in [1.29, 1.82) is 0 Å². The zero-order chi connectivity index (χ0) is 17.4. The van der Waals surface area contributed by atoms with E-state index >= 15 is 0 Å². The van der Waals surface area contributed by atoms with Crippen LogP contribution >= 0.6 is 0 Å². The van der Waals surface area contributed by atoms with Gasteiger partial charge >= 0.3 is 0 Å². The molecule has 0 fully saturated rings. The van der Waals surface area contributed by atoms with Crippen LogP contribution in [0.5, 0.6) is 5.75 Å². The fourth-order valence-corrected chi connectivity index (χ4v) is 2.58. The smallest absolute Gasteiger partial charge is 0.221 e. The average molecular weight is 328 g/mol. The predicted molar refractivity (Wildman–Crippen MR) is 94.9 cm³/mol. The molecular weight excluding hydrogens is 304 g/mol. The molecule has 0 heterocycles. The number of nitrogens with zero attached hydrogens (tertiary/aromatic N) is 1. The molecule has 0 atom stereocenters. The molecule has 0 aliphatic carbocycles.